The second-order valence-corrected chi connectivity index (χ2v) is 6.98. The maximum Gasteiger partial charge on any atom is 0.146 e. The van der Waals surface area contributed by atoms with E-state index in [9.17, 15) is 4.39 Å². The van der Waals surface area contributed by atoms with Crippen molar-refractivity contribution in [1.82, 2.24) is 4.98 Å². The molecule has 0 saturated heterocycles. The van der Waals surface area contributed by atoms with Crippen LogP contribution in [0.15, 0.2) is 29.3 Å². The number of hydrogen-bond donors (Lipinski definition) is 0. The molecule has 0 aliphatic rings. The predicted molar refractivity (Wildman–Crippen MR) is 72.0 cm³/mol. The SMILES string of the molecule is Cc1ccnc2ccc(SC(C)(C)C)c(F)c12. The predicted octanol–water partition coefficient (Wildman–Crippen LogP) is 4.57. The third-order valence-corrected chi connectivity index (χ3v) is 3.58. The zero-order valence-electron chi connectivity index (χ0n) is 10.5. The fraction of sp³-hybridized carbons (Fsp3) is 0.357. The molecule has 1 heterocycles. The van der Waals surface area contributed by atoms with Gasteiger partial charge in [0.05, 0.1) is 5.52 Å². The lowest BCUT2D eigenvalue weighted by Crippen LogP contribution is -2.07. The Hall–Kier alpha value is -1.09. The van der Waals surface area contributed by atoms with Crippen molar-refractivity contribution in [2.75, 3.05) is 0 Å². The van der Waals surface area contributed by atoms with Crippen molar-refractivity contribution in [2.24, 2.45) is 0 Å². The zero-order valence-corrected chi connectivity index (χ0v) is 11.4. The highest BCUT2D eigenvalue weighted by Gasteiger charge is 2.17. The molecule has 2 rings (SSSR count). The number of aromatic nitrogens is 1. The van der Waals surface area contributed by atoms with Gasteiger partial charge in [0.25, 0.3) is 0 Å². The van der Waals surface area contributed by atoms with E-state index in [0.717, 1.165) is 11.1 Å². The first-order chi connectivity index (χ1) is 7.88. The molecule has 1 aromatic carbocycles. The molecule has 0 saturated carbocycles. The second kappa shape index (κ2) is 4.30. The Kier molecular flexibility index (Phi) is 3.13. The number of nitrogens with zero attached hydrogens (tertiary/aromatic N) is 1. The Bertz CT molecular complexity index is 558. The van der Waals surface area contributed by atoms with Gasteiger partial charge in [-0.05, 0) is 30.7 Å². The van der Waals surface area contributed by atoms with Gasteiger partial charge in [-0.2, -0.15) is 0 Å². The van der Waals surface area contributed by atoms with Crippen molar-refractivity contribution >= 4 is 22.7 Å². The maximum atomic E-state index is 14.4. The molecule has 0 bridgehead atoms. The third kappa shape index (κ3) is 2.60. The van der Waals surface area contributed by atoms with Gasteiger partial charge in [-0.3, -0.25) is 4.98 Å². The van der Waals surface area contributed by atoms with Crippen LogP contribution >= 0.6 is 11.8 Å². The van der Waals surface area contributed by atoms with E-state index in [1.165, 1.54) is 0 Å². The molecule has 0 atom stereocenters. The van der Waals surface area contributed by atoms with Crippen LogP contribution in [0.25, 0.3) is 10.9 Å². The monoisotopic (exact) mass is 249 g/mol. The molecule has 0 N–H and O–H groups in total. The van der Waals surface area contributed by atoms with E-state index in [2.05, 4.69) is 25.8 Å². The summed E-state index contributed by atoms with van der Waals surface area (Å²) >= 11 is 1.55. The summed E-state index contributed by atoms with van der Waals surface area (Å²) in [6, 6.07) is 5.55. The van der Waals surface area contributed by atoms with Crippen LogP contribution in [0.3, 0.4) is 0 Å². The topological polar surface area (TPSA) is 12.9 Å². The van der Waals surface area contributed by atoms with Crippen molar-refractivity contribution < 1.29 is 4.39 Å². The smallest absolute Gasteiger partial charge is 0.146 e. The van der Waals surface area contributed by atoms with E-state index < -0.39 is 0 Å². The molecular formula is C14H16FNS. The van der Waals surface area contributed by atoms with Crippen LogP contribution in [0.5, 0.6) is 0 Å². The Labute approximate surface area is 105 Å². The quantitative estimate of drug-likeness (QED) is 0.686. The fourth-order valence-corrected chi connectivity index (χ4v) is 2.74. The van der Waals surface area contributed by atoms with Crippen molar-refractivity contribution in [1.29, 1.82) is 0 Å². The van der Waals surface area contributed by atoms with E-state index in [1.54, 1.807) is 18.0 Å². The maximum absolute atomic E-state index is 14.4. The minimum Gasteiger partial charge on any atom is -0.256 e. The average molecular weight is 249 g/mol. The first-order valence-corrected chi connectivity index (χ1v) is 6.43. The van der Waals surface area contributed by atoms with Crippen molar-refractivity contribution in [3.8, 4) is 0 Å². The van der Waals surface area contributed by atoms with E-state index in [4.69, 9.17) is 0 Å². The van der Waals surface area contributed by atoms with Gasteiger partial charge in [-0.15, -0.1) is 11.8 Å². The van der Waals surface area contributed by atoms with Crippen LogP contribution in [0.4, 0.5) is 4.39 Å². The first-order valence-electron chi connectivity index (χ1n) is 5.61. The van der Waals surface area contributed by atoms with Crippen molar-refractivity contribution in [3.63, 3.8) is 0 Å². The number of halogens is 1. The molecule has 90 valence electrons. The normalized spacial score (nSPS) is 12.1. The average Bonchev–Trinajstić information content (AvgIpc) is 2.20. The van der Waals surface area contributed by atoms with Crippen molar-refractivity contribution in [2.45, 2.75) is 37.3 Å². The number of hydrogen-bond acceptors (Lipinski definition) is 2. The van der Waals surface area contributed by atoms with Gasteiger partial charge in [-0.25, -0.2) is 4.39 Å². The Morgan fingerprint density at radius 3 is 2.53 bits per heavy atom. The van der Waals surface area contributed by atoms with Gasteiger partial charge in [0.1, 0.15) is 5.82 Å². The largest absolute Gasteiger partial charge is 0.256 e. The lowest BCUT2D eigenvalue weighted by atomic mass is 10.1. The van der Waals surface area contributed by atoms with Gasteiger partial charge >= 0.3 is 0 Å². The first kappa shape index (κ1) is 12.4. The Balaban J connectivity index is 2.61. The highest BCUT2D eigenvalue weighted by Crippen LogP contribution is 2.36. The third-order valence-electron chi connectivity index (χ3n) is 2.43. The summed E-state index contributed by atoms with van der Waals surface area (Å²) in [6.07, 6.45) is 1.72. The molecule has 0 spiro atoms. The molecule has 0 fully saturated rings. The fourth-order valence-electron chi connectivity index (χ4n) is 1.75. The Morgan fingerprint density at radius 2 is 1.88 bits per heavy atom. The molecule has 0 radical (unpaired) electrons. The summed E-state index contributed by atoms with van der Waals surface area (Å²) in [5, 5.41) is 0.641. The number of fused-ring (bicyclic) bond motifs is 1. The van der Waals surface area contributed by atoms with Crippen LogP contribution in [0.2, 0.25) is 0 Å². The Morgan fingerprint density at radius 1 is 1.18 bits per heavy atom. The van der Waals surface area contributed by atoms with E-state index in [-0.39, 0.29) is 10.6 Å². The van der Waals surface area contributed by atoms with Crippen LogP contribution in [0.1, 0.15) is 26.3 Å². The minimum absolute atomic E-state index is 0.00459. The van der Waals surface area contributed by atoms with Crippen LogP contribution in [-0.2, 0) is 0 Å². The van der Waals surface area contributed by atoms with Crippen LogP contribution in [-0.4, -0.2) is 9.73 Å². The highest BCUT2D eigenvalue weighted by atomic mass is 32.2. The summed E-state index contributed by atoms with van der Waals surface area (Å²) in [5.74, 6) is -0.145. The van der Waals surface area contributed by atoms with E-state index in [0.29, 0.717) is 10.3 Å². The van der Waals surface area contributed by atoms with E-state index >= 15 is 0 Å². The van der Waals surface area contributed by atoms with E-state index in [1.807, 2.05) is 25.1 Å². The molecule has 2 aromatic rings. The van der Waals surface area contributed by atoms with Crippen molar-refractivity contribution in [3.05, 3.63) is 35.8 Å². The van der Waals surface area contributed by atoms with Gasteiger partial charge in [0, 0.05) is 21.2 Å². The molecule has 0 unspecified atom stereocenters. The molecule has 0 amide bonds. The van der Waals surface area contributed by atoms with Gasteiger partial charge in [0.15, 0.2) is 0 Å². The van der Waals surface area contributed by atoms with Crippen LogP contribution in [0, 0.1) is 12.7 Å². The number of thioether (sulfide) groups is 1. The van der Waals surface area contributed by atoms with Gasteiger partial charge in [-0.1, -0.05) is 20.8 Å². The lowest BCUT2D eigenvalue weighted by molar-refractivity contribution is 0.612. The summed E-state index contributed by atoms with van der Waals surface area (Å²) < 4.78 is 14.4. The standard InChI is InChI=1S/C14H16FNS/c1-9-7-8-16-10-5-6-11(13(15)12(9)10)17-14(2,3)4/h5-8H,1-4H3. The number of aryl methyl sites for hydroxylation is 1. The molecule has 1 nitrogen and oxygen atoms in total. The highest BCUT2D eigenvalue weighted by molar-refractivity contribution is 8.00. The summed E-state index contributed by atoms with van der Waals surface area (Å²) in [6.45, 7) is 8.16. The summed E-state index contributed by atoms with van der Waals surface area (Å²) in [4.78, 5) is 4.89. The number of pyridine rings is 1. The molecular weight excluding hydrogens is 233 g/mol. The lowest BCUT2D eigenvalue weighted by Gasteiger charge is -2.18. The molecule has 1 aromatic heterocycles. The molecule has 3 heteroatoms. The summed E-state index contributed by atoms with van der Waals surface area (Å²) in [5.41, 5.74) is 1.66. The minimum atomic E-state index is -0.145. The van der Waals surface area contributed by atoms with Gasteiger partial charge < -0.3 is 0 Å². The van der Waals surface area contributed by atoms with Crippen LogP contribution < -0.4 is 0 Å². The van der Waals surface area contributed by atoms with Gasteiger partial charge in [0.2, 0.25) is 0 Å². The summed E-state index contributed by atoms with van der Waals surface area (Å²) in [7, 11) is 0. The molecule has 17 heavy (non-hydrogen) atoms. The number of rotatable bonds is 1. The molecule has 0 aliphatic heterocycles. The molecule has 0 aliphatic carbocycles. The number of benzene rings is 1. The zero-order chi connectivity index (χ0) is 12.6. The second-order valence-electron chi connectivity index (χ2n) is 5.11.